The van der Waals surface area contributed by atoms with E-state index in [0.29, 0.717) is 45.3 Å². The fourth-order valence-corrected chi connectivity index (χ4v) is 8.24. The molecule has 3 amide bonds. The molecule has 0 unspecified atom stereocenters. The molecule has 3 atom stereocenters. The molecule has 77 heavy (non-hydrogen) atoms. The van der Waals surface area contributed by atoms with Crippen molar-refractivity contribution >= 4 is 52.8 Å². The van der Waals surface area contributed by atoms with Gasteiger partial charge in [-0.15, -0.1) is 0 Å². The summed E-state index contributed by atoms with van der Waals surface area (Å²) in [6, 6.07) is 4.58. The highest BCUT2D eigenvalue weighted by Gasteiger charge is 2.24. The van der Waals surface area contributed by atoms with Gasteiger partial charge in [0.2, 0.25) is 17.7 Å². The van der Waals surface area contributed by atoms with Gasteiger partial charge in [0.15, 0.2) is 17.3 Å². The number of aliphatic hydroxyl groups is 1. The van der Waals surface area contributed by atoms with Crippen LogP contribution in [0.25, 0.3) is 0 Å². The molecule has 1 rings (SSSR count). The number of carbonyl (C=O) groups excluding carboxylic acids is 7. The second-order valence-electron chi connectivity index (χ2n) is 19.5. The third kappa shape index (κ3) is 41.6. The van der Waals surface area contributed by atoms with Crippen LogP contribution in [-0.2, 0) is 68.5 Å². The van der Waals surface area contributed by atoms with E-state index in [1.807, 2.05) is 0 Å². The van der Waals surface area contributed by atoms with Crippen LogP contribution in [0.4, 0.5) is 0 Å². The predicted octanol–water partition coefficient (Wildman–Crippen LogP) is 5.11. The van der Waals surface area contributed by atoms with Crippen LogP contribution in [0.2, 0.25) is 0 Å². The molecule has 0 saturated carbocycles. The lowest BCUT2D eigenvalue weighted by Gasteiger charge is -2.20. The van der Waals surface area contributed by atoms with Gasteiger partial charge in [-0.05, 0) is 69.1 Å². The molecule has 0 bridgehead atoms. The molecule has 0 aliphatic carbocycles. The Morgan fingerprint density at radius 2 is 1.06 bits per heavy atom. The summed E-state index contributed by atoms with van der Waals surface area (Å²) in [6.45, 7) is 1.93. The lowest BCUT2D eigenvalue weighted by molar-refractivity contribution is -0.144. The van der Waals surface area contributed by atoms with Crippen LogP contribution in [0, 0.1) is 5.92 Å². The summed E-state index contributed by atoms with van der Waals surface area (Å²) < 4.78 is 21.6. The number of benzene rings is 1. The quantitative estimate of drug-likeness (QED) is 0.0393. The zero-order valence-electron chi connectivity index (χ0n) is 45.8. The number of phenols is 1. The number of aliphatic carboxylic acids is 2. The zero-order chi connectivity index (χ0) is 56.7. The average molecular weight is 1090 g/mol. The first-order chi connectivity index (χ1) is 37.1. The van der Waals surface area contributed by atoms with E-state index in [1.54, 1.807) is 12.1 Å². The molecule has 0 aromatic heterocycles. The van der Waals surface area contributed by atoms with Crippen molar-refractivity contribution in [3.05, 3.63) is 29.8 Å². The molecular formula is C56H92N4O17. The van der Waals surface area contributed by atoms with Gasteiger partial charge in [-0.1, -0.05) is 89.2 Å². The van der Waals surface area contributed by atoms with E-state index < -0.39 is 48.2 Å². The molecule has 0 spiro atoms. The van der Waals surface area contributed by atoms with E-state index in [1.165, 1.54) is 64.0 Å². The number of Topliss-reactive ketones (excluding diaryl/α,β-unsaturated/α-hetero) is 4. The van der Waals surface area contributed by atoms with E-state index in [9.17, 15) is 58.5 Å². The van der Waals surface area contributed by atoms with Crippen LogP contribution < -0.4 is 21.3 Å². The molecule has 438 valence electrons. The number of ether oxygens (including phenoxy) is 4. The fraction of sp³-hybridized carbons (Fsp3) is 0.732. The number of rotatable bonds is 54. The van der Waals surface area contributed by atoms with E-state index in [0.717, 1.165) is 50.5 Å². The number of unbranched alkanes of at least 4 members (excludes halogenated alkanes) is 14. The topological polar surface area (TPSA) is 320 Å². The minimum atomic E-state index is -1.08. The Hall–Kier alpha value is -5.19. The van der Waals surface area contributed by atoms with E-state index in [-0.39, 0.29) is 133 Å². The first-order valence-corrected chi connectivity index (χ1v) is 27.9. The van der Waals surface area contributed by atoms with Crippen LogP contribution in [0.15, 0.2) is 24.3 Å². The minimum Gasteiger partial charge on any atom is -0.508 e. The van der Waals surface area contributed by atoms with Crippen molar-refractivity contribution in [3.63, 3.8) is 0 Å². The van der Waals surface area contributed by atoms with Crippen LogP contribution in [0.5, 0.6) is 5.75 Å². The molecule has 21 heteroatoms. The lowest BCUT2D eigenvalue weighted by atomic mass is 9.94. The van der Waals surface area contributed by atoms with Gasteiger partial charge in [0.1, 0.15) is 31.4 Å². The SMILES string of the molecule is CC(=O)N[C@H](Cc1ccc(O)cc1)C(=O)CN[C@@H](CCCCNC(=O)COCCOCCCC(=O)COCCOCCNC(=O)CC[C@H](CC(=O)CCCCCCCCCCCCCCCCC(=O)O)C(=O)O)C(=O)CO. The van der Waals surface area contributed by atoms with Crippen molar-refractivity contribution < 1.29 is 82.5 Å². The fourth-order valence-electron chi connectivity index (χ4n) is 8.24. The van der Waals surface area contributed by atoms with Crippen molar-refractivity contribution in [2.75, 3.05) is 79.1 Å². The smallest absolute Gasteiger partial charge is 0.306 e. The largest absolute Gasteiger partial charge is 0.508 e. The summed E-state index contributed by atoms with van der Waals surface area (Å²) in [7, 11) is 0. The van der Waals surface area contributed by atoms with Crippen LogP contribution in [-0.4, -0.2) is 164 Å². The Kier molecular flexibility index (Phi) is 42.5. The summed E-state index contributed by atoms with van der Waals surface area (Å²) in [5.41, 5.74) is 0.723. The summed E-state index contributed by atoms with van der Waals surface area (Å²) in [6.07, 6.45) is 18.0. The highest BCUT2D eigenvalue weighted by molar-refractivity contribution is 5.91. The van der Waals surface area contributed by atoms with E-state index in [2.05, 4.69) is 21.3 Å². The summed E-state index contributed by atoms with van der Waals surface area (Å²) in [5, 5.41) is 48.2. The third-order valence-electron chi connectivity index (χ3n) is 12.6. The van der Waals surface area contributed by atoms with Gasteiger partial charge in [0, 0.05) is 58.7 Å². The summed E-state index contributed by atoms with van der Waals surface area (Å²) in [4.78, 5) is 109. The Morgan fingerprint density at radius 1 is 0.519 bits per heavy atom. The lowest BCUT2D eigenvalue weighted by Crippen LogP contribution is -2.48. The number of carboxylic acid groups (broad SMARTS) is 2. The normalized spacial score (nSPS) is 12.3. The van der Waals surface area contributed by atoms with Crippen LogP contribution in [0.1, 0.15) is 167 Å². The maximum atomic E-state index is 13.0. The zero-order valence-corrected chi connectivity index (χ0v) is 45.8. The minimum absolute atomic E-state index is 0.0166. The van der Waals surface area contributed by atoms with Crippen LogP contribution in [0.3, 0.4) is 0 Å². The molecule has 0 fully saturated rings. The van der Waals surface area contributed by atoms with Gasteiger partial charge < -0.3 is 60.6 Å². The van der Waals surface area contributed by atoms with Crippen molar-refractivity contribution in [1.29, 1.82) is 0 Å². The first kappa shape index (κ1) is 69.8. The second kappa shape index (κ2) is 46.9. The molecule has 1 aromatic carbocycles. The number of aromatic hydroxyl groups is 1. The molecule has 0 saturated heterocycles. The number of aliphatic hydroxyl groups excluding tert-OH is 1. The maximum Gasteiger partial charge on any atom is 0.306 e. The molecule has 0 radical (unpaired) electrons. The second-order valence-corrected chi connectivity index (χ2v) is 19.5. The molecule has 0 aliphatic rings. The Morgan fingerprint density at radius 3 is 1.65 bits per heavy atom. The number of hydrogen-bond acceptors (Lipinski definition) is 16. The summed E-state index contributed by atoms with van der Waals surface area (Å²) >= 11 is 0. The third-order valence-corrected chi connectivity index (χ3v) is 12.6. The summed E-state index contributed by atoms with van der Waals surface area (Å²) in [5.74, 6) is -4.73. The van der Waals surface area contributed by atoms with Gasteiger partial charge in [0.05, 0.1) is 57.6 Å². The molecular weight excluding hydrogens is 1000 g/mol. The Balaban J connectivity index is 2.01. The monoisotopic (exact) mass is 1090 g/mol. The number of amides is 3. The molecule has 8 N–H and O–H groups in total. The molecule has 0 aliphatic heterocycles. The Labute approximate surface area is 455 Å². The number of carbonyl (C=O) groups is 9. The predicted molar refractivity (Wildman–Crippen MR) is 287 cm³/mol. The van der Waals surface area contributed by atoms with Gasteiger partial charge in [0.25, 0.3) is 0 Å². The Bertz CT molecular complexity index is 1830. The van der Waals surface area contributed by atoms with Gasteiger partial charge in [-0.3, -0.25) is 43.2 Å². The van der Waals surface area contributed by atoms with Crippen LogP contribution >= 0.6 is 0 Å². The molecule has 21 nitrogen and oxygen atoms in total. The number of ketones is 4. The van der Waals surface area contributed by atoms with Gasteiger partial charge in [-0.2, -0.15) is 0 Å². The molecule has 1 aromatic rings. The highest BCUT2D eigenvalue weighted by atomic mass is 16.5. The van der Waals surface area contributed by atoms with Crippen molar-refractivity contribution in [2.24, 2.45) is 5.92 Å². The first-order valence-electron chi connectivity index (χ1n) is 27.9. The van der Waals surface area contributed by atoms with E-state index >= 15 is 0 Å². The number of phenolic OH excluding ortho intramolecular Hbond substituents is 1. The number of nitrogens with one attached hydrogen (secondary N) is 4. The number of carboxylic acids is 2. The van der Waals surface area contributed by atoms with Gasteiger partial charge in [-0.25, -0.2) is 0 Å². The van der Waals surface area contributed by atoms with Gasteiger partial charge >= 0.3 is 11.9 Å². The van der Waals surface area contributed by atoms with Crippen molar-refractivity contribution in [3.8, 4) is 5.75 Å². The molecule has 0 heterocycles. The maximum absolute atomic E-state index is 13.0. The number of hydrogen-bond donors (Lipinski definition) is 8. The average Bonchev–Trinajstić information content (AvgIpc) is 3.39. The standard InChI is InChI=1S/C56H92N4O17/c1-43(62)60-50(37-44-23-26-46(63)27-24-44)51(66)39-59-49(52(67)40-61)21-16-17-29-57-54(69)42-77-36-33-74-31-18-20-48(65)41-76-35-34-75-32-30-58-53(68)28-25-45(56(72)73)38-47(64)19-14-12-10-8-6-4-2-3-5-7-9-11-13-15-22-55(70)71/h23-24,26-27,45,49-50,59,61,63H,2-22,25,28-42H2,1H3,(H,57,69)(H,58,68)(H,60,62)(H,70,71)(H,72,73)/t45-,49+,50-/m1/s1. The van der Waals surface area contributed by atoms with E-state index in [4.69, 9.17) is 24.1 Å². The highest BCUT2D eigenvalue weighted by Crippen LogP contribution is 2.18. The van der Waals surface area contributed by atoms with Crippen molar-refractivity contribution in [2.45, 2.75) is 180 Å². The van der Waals surface area contributed by atoms with Crippen molar-refractivity contribution in [1.82, 2.24) is 21.3 Å².